The number of hydrazine groups is 1. The van der Waals surface area contributed by atoms with E-state index in [0.717, 1.165) is 17.7 Å². The van der Waals surface area contributed by atoms with E-state index in [9.17, 15) is 4.79 Å². The molecule has 1 heterocycles. The number of carbonyl (C=O) groups is 1. The van der Waals surface area contributed by atoms with Gasteiger partial charge in [0.05, 0.1) is 7.11 Å². The SMILES string of the molecule is COc1ccccc1CNC(=O)C1CC(C)NN1. The van der Waals surface area contributed by atoms with Crippen molar-refractivity contribution in [2.24, 2.45) is 0 Å². The van der Waals surface area contributed by atoms with Crippen LogP contribution in [0, 0.1) is 0 Å². The maximum atomic E-state index is 11.9. The molecule has 2 atom stereocenters. The van der Waals surface area contributed by atoms with Crippen LogP contribution in [0.3, 0.4) is 0 Å². The normalized spacial score (nSPS) is 22.8. The Morgan fingerprint density at radius 3 is 2.89 bits per heavy atom. The molecule has 1 aromatic carbocycles. The molecule has 1 aromatic rings. The predicted molar refractivity (Wildman–Crippen MR) is 69.0 cm³/mol. The number of hydrogen-bond acceptors (Lipinski definition) is 4. The quantitative estimate of drug-likeness (QED) is 0.730. The summed E-state index contributed by atoms with van der Waals surface area (Å²) in [5, 5.41) is 2.91. The summed E-state index contributed by atoms with van der Waals surface area (Å²) < 4.78 is 5.24. The molecular formula is C13H19N3O2. The molecule has 1 aliphatic heterocycles. The Hall–Kier alpha value is -1.59. The minimum atomic E-state index is -0.158. The van der Waals surface area contributed by atoms with Gasteiger partial charge in [-0.15, -0.1) is 0 Å². The van der Waals surface area contributed by atoms with Gasteiger partial charge in [0.1, 0.15) is 11.8 Å². The molecule has 1 aliphatic rings. The number of benzene rings is 1. The highest BCUT2D eigenvalue weighted by atomic mass is 16.5. The first-order valence-electron chi connectivity index (χ1n) is 6.11. The summed E-state index contributed by atoms with van der Waals surface area (Å²) >= 11 is 0. The summed E-state index contributed by atoms with van der Waals surface area (Å²) in [6.45, 7) is 2.52. The number of methoxy groups -OCH3 is 1. The van der Waals surface area contributed by atoms with Crippen molar-refractivity contribution in [2.45, 2.75) is 32.0 Å². The summed E-state index contributed by atoms with van der Waals surface area (Å²) in [6, 6.07) is 7.85. The highest BCUT2D eigenvalue weighted by Gasteiger charge is 2.26. The third-order valence-electron chi connectivity index (χ3n) is 3.06. The molecule has 0 spiro atoms. The number of nitrogens with one attached hydrogen (secondary N) is 3. The minimum absolute atomic E-state index is 0.0118. The van der Waals surface area contributed by atoms with Crippen molar-refractivity contribution in [3.8, 4) is 5.75 Å². The summed E-state index contributed by atoms with van der Waals surface area (Å²) in [5.74, 6) is 0.807. The van der Waals surface area contributed by atoms with Gasteiger partial charge in [-0.25, -0.2) is 5.43 Å². The highest BCUT2D eigenvalue weighted by Crippen LogP contribution is 2.16. The van der Waals surface area contributed by atoms with Crippen molar-refractivity contribution in [2.75, 3.05) is 7.11 Å². The summed E-state index contributed by atoms with van der Waals surface area (Å²) in [6.07, 6.45) is 0.803. The van der Waals surface area contributed by atoms with Crippen LogP contribution in [-0.4, -0.2) is 25.1 Å². The van der Waals surface area contributed by atoms with Gasteiger partial charge in [-0.3, -0.25) is 10.2 Å². The van der Waals surface area contributed by atoms with Crippen LogP contribution in [0.4, 0.5) is 0 Å². The Kier molecular flexibility index (Phi) is 4.17. The second-order valence-electron chi connectivity index (χ2n) is 4.51. The standard InChI is InChI=1S/C13H19N3O2/c1-9-7-11(16-15-9)13(17)14-8-10-5-3-4-6-12(10)18-2/h3-6,9,11,15-16H,7-8H2,1-2H3,(H,14,17). The van der Waals surface area contributed by atoms with Crippen molar-refractivity contribution in [1.82, 2.24) is 16.2 Å². The molecule has 1 saturated heterocycles. The van der Waals surface area contributed by atoms with Crippen molar-refractivity contribution in [1.29, 1.82) is 0 Å². The Balaban J connectivity index is 1.89. The molecule has 0 aromatic heterocycles. The average Bonchev–Trinajstić information content (AvgIpc) is 2.83. The van der Waals surface area contributed by atoms with E-state index in [4.69, 9.17) is 4.74 Å². The van der Waals surface area contributed by atoms with Gasteiger partial charge in [0.2, 0.25) is 5.91 Å². The zero-order valence-corrected chi connectivity index (χ0v) is 10.7. The Morgan fingerprint density at radius 2 is 2.22 bits per heavy atom. The second-order valence-corrected chi connectivity index (χ2v) is 4.51. The molecule has 0 saturated carbocycles. The molecule has 98 valence electrons. The van der Waals surface area contributed by atoms with Crippen molar-refractivity contribution >= 4 is 5.91 Å². The first-order chi connectivity index (χ1) is 8.70. The lowest BCUT2D eigenvalue weighted by Crippen LogP contribution is -2.43. The van der Waals surface area contributed by atoms with Gasteiger partial charge in [-0.05, 0) is 19.4 Å². The van der Waals surface area contributed by atoms with Crippen molar-refractivity contribution in [3.63, 3.8) is 0 Å². The summed E-state index contributed by atoms with van der Waals surface area (Å²) in [7, 11) is 1.63. The van der Waals surface area contributed by atoms with E-state index in [2.05, 4.69) is 16.2 Å². The maximum Gasteiger partial charge on any atom is 0.238 e. The fourth-order valence-corrected chi connectivity index (χ4v) is 2.04. The molecule has 0 bridgehead atoms. The topological polar surface area (TPSA) is 62.4 Å². The van der Waals surface area contributed by atoms with Gasteiger partial charge in [-0.1, -0.05) is 18.2 Å². The van der Waals surface area contributed by atoms with E-state index in [1.54, 1.807) is 7.11 Å². The fourth-order valence-electron chi connectivity index (χ4n) is 2.04. The zero-order valence-electron chi connectivity index (χ0n) is 10.7. The first-order valence-corrected chi connectivity index (χ1v) is 6.11. The lowest BCUT2D eigenvalue weighted by atomic mass is 10.1. The van der Waals surface area contributed by atoms with Gasteiger partial charge >= 0.3 is 0 Å². The van der Waals surface area contributed by atoms with Crippen LogP contribution in [0.15, 0.2) is 24.3 Å². The maximum absolute atomic E-state index is 11.9. The van der Waals surface area contributed by atoms with Gasteiger partial charge in [0, 0.05) is 18.2 Å². The predicted octanol–water partition coefficient (Wildman–Crippen LogP) is 0.566. The lowest BCUT2D eigenvalue weighted by molar-refractivity contribution is -0.123. The number of rotatable bonds is 4. The number of hydrogen-bond donors (Lipinski definition) is 3. The van der Waals surface area contributed by atoms with Crippen LogP contribution in [0.5, 0.6) is 5.75 Å². The van der Waals surface area contributed by atoms with Crippen molar-refractivity contribution < 1.29 is 9.53 Å². The fraction of sp³-hybridized carbons (Fsp3) is 0.462. The molecule has 1 amide bonds. The molecule has 1 fully saturated rings. The molecule has 2 rings (SSSR count). The summed E-state index contributed by atoms with van der Waals surface area (Å²) in [5.41, 5.74) is 6.99. The smallest absolute Gasteiger partial charge is 0.238 e. The van der Waals surface area contributed by atoms with Crippen LogP contribution in [0.2, 0.25) is 0 Å². The Labute approximate surface area is 107 Å². The molecule has 0 radical (unpaired) electrons. The lowest BCUT2D eigenvalue weighted by Gasteiger charge is -2.12. The number of amides is 1. The molecule has 5 nitrogen and oxygen atoms in total. The largest absolute Gasteiger partial charge is 0.496 e. The van der Waals surface area contributed by atoms with E-state index in [1.165, 1.54) is 0 Å². The van der Waals surface area contributed by atoms with Gasteiger partial charge < -0.3 is 10.1 Å². The molecule has 2 unspecified atom stereocenters. The van der Waals surface area contributed by atoms with E-state index in [0.29, 0.717) is 12.6 Å². The number of carbonyl (C=O) groups excluding carboxylic acids is 1. The van der Waals surface area contributed by atoms with Crippen molar-refractivity contribution in [3.05, 3.63) is 29.8 Å². The zero-order chi connectivity index (χ0) is 13.0. The molecule has 3 N–H and O–H groups in total. The molecular weight excluding hydrogens is 230 g/mol. The molecule has 5 heteroatoms. The molecule has 18 heavy (non-hydrogen) atoms. The van der Waals surface area contributed by atoms with Crippen LogP contribution in [0.25, 0.3) is 0 Å². The Bertz CT molecular complexity index is 422. The van der Waals surface area contributed by atoms with Crippen LogP contribution in [-0.2, 0) is 11.3 Å². The highest BCUT2D eigenvalue weighted by molar-refractivity contribution is 5.82. The van der Waals surface area contributed by atoms with Crippen LogP contribution in [0.1, 0.15) is 18.9 Å². The van der Waals surface area contributed by atoms with Crippen LogP contribution < -0.4 is 20.9 Å². The Morgan fingerprint density at radius 1 is 1.44 bits per heavy atom. The monoisotopic (exact) mass is 249 g/mol. The van der Waals surface area contributed by atoms with E-state index >= 15 is 0 Å². The van der Waals surface area contributed by atoms with Crippen LogP contribution >= 0.6 is 0 Å². The van der Waals surface area contributed by atoms with E-state index < -0.39 is 0 Å². The van der Waals surface area contributed by atoms with E-state index in [-0.39, 0.29) is 11.9 Å². The number of para-hydroxylation sites is 1. The van der Waals surface area contributed by atoms with Gasteiger partial charge in [0.15, 0.2) is 0 Å². The first kappa shape index (κ1) is 12.9. The third kappa shape index (κ3) is 3.00. The van der Waals surface area contributed by atoms with E-state index in [1.807, 2.05) is 31.2 Å². The second kappa shape index (κ2) is 5.84. The third-order valence-corrected chi connectivity index (χ3v) is 3.06. The van der Waals surface area contributed by atoms with Gasteiger partial charge in [-0.2, -0.15) is 0 Å². The van der Waals surface area contributed by atoms with Gasteiger partial charge in [0.25, 0.3) is 0 Å². The minimum Gasteiger partial charge on any atom is -0.496 e. The average molecular weight is 249 g/mol. The number of ether oxygens (including phenoxy) is 1. The molecule has 0 aliphatic carbocycles. The summed E-state index contributed by atoms with van der Waals surface area (Å²) in [4.78, 5) is 11.9.